The number of hydrogen-bond acceptors (Lipinski definition) is 3. The van der Waals surface area contributed by atoms with Crippen molar-refractivity contribution in [3.63, 3.8) is 0 Å². The van der Waals surface area contributed by atoms with E-state index in [0.717, 1.165) is 0 Å². The zero-order chi connectivity index (χ0) is 11.5. The summed E-state index contributed by atoms with van der Waals surface area (Å²) < 4.78 is 13.8. The van der Waals surface area contributed by atoms with Gasteiger partial charge >= 0.3 is 0 Å². The highest BCUT2D eigenvalue weighted by Gasteiger charge is 2.39. The summed E-state index contributed by atoms with van der Waals surface area (Å²) >= 11 is 0. The third-order valence-corrected chi connectivity index (χ3v) is 4.62. The summed E-state index contributed by atoms with van der Waals surface area (Å²) in [6.07, 6.45) is 0.129. The molecule has 0 aromatic heterocycles. The second-order valence-electron chi connectivity index (χ2n) is 3.91. The van der Waals surface area contributed by atoms with Crippen molar-refractivity contribution in [2.75, 3.05) is 13.7 Å². The highest BCUT2D eigenvalue weighted by Crippen LogP contribution is 2.55. The minimum atomic E-state index is -0.875. The van der Waals surface area contributed by atoms with Gasteiger partial charge in [-0.2, -0.15) is 0 Å². The standard InChI is InChI=1S/C12H18NO2P/c1-4-14-16-13(3)10(2)12(15-16)11-8-6-5-7-9-11/h5-10,12H,4H2,1-3H3. The highest BCUT2D eigenvalue weighted by atomic mass is 31.2. The van der Waals surface area contributed by atoms with Gasteiger partial charge < -0.3 is 9.05 Å². The predicted octanol–water partition coefficient (Wildman–Crippen LogP) is 3.34. The summed E-state index contributed by atoms with van der Waals surface area (Å²) in [7, 11) is 1.19. The molecule has 1 heterocycles. The summed E-state index contributed by atoms with van der Waals surface area (Å²) in [4.78, 5) is 0. The topological polar surface area (TPSA) is 21.7 Å². The fourth-order valence-electron chi connectivity index (χ4n) is 1.82. The van der Waals surface area contributed by atoms with Crippen LogP contribution in [0.15, 0.2) is 30.3 Å². The molecule has 3 atom stereocenters. The van der Waals surface area contributed by atoms with Crippen LogP contribution in [-0.2, 0) is 9.05 Å². The largest absolute Gasteiger partial charge is 0.322 e. The number of rotatable bonds is 3. The van der Waals surface area contributed by atoms with E-state index in [-0.39, 0.29) is 6.10 Å². The normalized spacial score (nSPS) is 30.8. The molecule has 4 heteroatoms. The Hall–Kier alpha value is -0.470. The van der Waals surface area contributed by atoms with E-state index in [1.54, 1.807) is 0 Å². The van der Waals surface area contributed by atoms with Gasteiger partial charge in [0.15, 0.2) is 0 Å². The number of nitrogens with zero attached hydrogens (tertiary/aromatic N) is 1. The van der Waals surface area contributed by atoms with Crippen LogP contribution in [0.3, 0.4) is 0 Å². The lowest BCUT2D eigenvalue weighted by molar-refractivity contribution is 0.198. The molecule has 1 aromatic carbocycles. The molecule has 1 aliphatic rings. The Labute approximate surface area is 98.3 Å². The molecular weight excluding hydrogens is 221 g/mol. The van der Waals surface area contributed by atoms with Gasteiger partial charge in [-0.15, -0.1) is 0 Å². The van der Waals surface area contributed by atoms with Crippen molar-refractivity contribution in [1.29, 1.82) is 0 Å². The molecular formula is C12H18NO2P. The third kappa shape index (κ3) is 2.28. The van der Waals surface area contributed by atoms with E-state index < -0.39 is 8.53 Å². The van der Waals surface area contributed by atoms with Crippen molar-refractivity contribution in [1.82, 2.24) is 4.67 Å². The van der Waals surface area contributed by atoms with Gasteiger partial charge in [-0.25, -0.2) is 4.67 Å². The summed E-state index contributed by atoms with van der Waals surface area (Å²) in [5.74, 6) is 0. The van der Waals surface area contributed by atoms with Crippen LogP contribution in [0.5, 0.6) is 0 Å². The van der Waals surface area contributed by atoms with Crippen LogP contribution in [0.25, 0.3) is 0 Å². The molecule has 0 spiro atoms. The molecule has 0 radical (unpaired) electrons. The minimum Gasteiger partial charge on any atom is -0.322 e. The fourth-order valence-corrected chi connectivity index (χ4v) is 3.34. The van der Waals surface area contributed by atoms with Crippen molar-refractivity contribution in [3.05, 3.63) is 35.9 Å². The van der Waals surface area contributed by atoms with Crippen LogP contribution in [0.1, 0.15) is 25.5 Å². The smallest absolute Gasteiger partial charge is 0.259 e. The zero-order valence-electron chi connectivity index (χ0n) is 9.96. The maximum absolute atomic E-state index is 5.98. The van der Waals surface area contributed by atoms with E-state index in [1.165, 1.54) is 5.56 Å². The average Bonchev–Trinajstić information content (AvgIpc) is 2.59. The van der Waals surface area contributed by atoms with Gasteiger partial charge in [0.05, 0.1) is 6.61 Å². The second kappa shape index (κ2) is 5.24. The Balaban J connectivity index is 2.13. The lowest BCUT2D eigenvalue weighted by atomic mass is 10.0. The monoisotopic (exact) mass is 239 g/mol. The van der Waals surface area contributed by atoms with Crippen LogP contribution >= 0.6 is 8.53 Å². The molecule has 88 valence electrons. The van der Waals surface area contributed by atoms with E-state index in [9.17, 15) is 0 Å². The number of benzene rings is 1. The molecule has 0 aliphatic carbocycles. The lowest BCUT2D eigenvalue weighted by Crippen LogP contribution is -2.22. The first kappa shape index (κ1) is 12.0. The Morgan fingerprint density at radius 2 is 2.06 bits per heavy atom. The summed E-state index contributed by atoms with van der Waals surface area (Å²) in [6.45, 7) is 4.88. The molecule has 3 nitrogen and oxygen atoms in total. The Morgan fingerprint density at radius 3 is 2.69 bits per heavy atom. The van der Waals surface area contributed by atoms with Gasteiger partial charge in [-0.1, -0.05) is 30.3 Å². The van der Waals surface area contributed by atoms with Gasteiger partial charge in [0, 0.05) is 6.04 Å². The molecule has 2 rings (SSSR count). The van der Waals surface area contributed by atoms with Crippen LogP contribution in [0.2, 0.25) is 0 Å². The van der Waals surface area contributed by atoms with Crippen LogP contribution < -0.4 is 0 Å². The molecule has 1 saturated heterocycles. The van der Waals surface area contributed by atoms with Crippen molar-refractivity contribution in [3.8, 4) is 0 Å². The molecule has 0 N–H and O–H groups in total. The predicted molar refractivity (Wildman–Crippen MR) is 66.0 cm³/mol. The zero-order valence-corrected chi connectivity index (χ0v) is 10.9. The third-order valence-electron chi connectivity index (χ3n) is 2.86. The van der Waals surface area contributed by atoms with E-state index in [4.69, 9.17) is 9.05 Å². The minimum absolute atomic E-state index is 0.129. The quantitative estimate of drug-likeness (QED) is 0.755. The average molecular weight is 239 g/mol. The Morgan fingerprint density at radius 1 is 1.38 bits per heavy atom. The van der Waals surface area contributed by atoms with Crippen LogP contribution in [-0.4, -0.2) is 24.4 Å². The van der Waals surface area contributed by atoms with Gasteiger partial charge in [-0.3, -0.25) is 0 Å². The van der Waals surface area contributed by atoms with E-state index in [0.29, 0.717) is 12.6 Å². The second-order valence-corrected chi connectivity index (χ2v) is 5.48. The molecule has 0 saturated carbocycles. The number of likely N-dealkylation sites (N-methyl/N-ethyl adjacent to an activating group) is 1. The summed E-state index contributed by atoms with van der Waals surface area (Å²) in [6, 6.07) is 10.7. The van der Waals surface area contributed by atoms with Gasteiger partial charge in [-0.05, 0) is 26.5 Å². The van der Waals surface area contributed by atoms with E-state index in [1.807, 2.05) is 25.1 Å². The van der Waals surface area contributed by atoms with Gasteiger partial charge in [0.2, 0.25) is 0 Å². The van der Waals surface area contributed by atoms with Crippen LogP contribution in [0.4, 0.5) is 0 Å². The summed E-state index contributed by atoms with van der Waals surface area (Å²) in [5, 5.41) is 0. The SMILES string of the molecule is CCOP1OC(c2ccccc2)C(C)N1C. The molecule has 1 aromatic rings. The van der Waals surface area contributed by atoms with Gasteiger partial charge in [0.25, 0.3) is 8.53 Å². The van der Waals surface area contributed by atoms with Crippen LogP contribution in [0, 0.1) is 0 Å². The summed E-state index contributed by atoms with van der Waals surface area (Å²) in [5.41, 5.74) is 1.23. The van der Waals surface area contributed by atoms with Gasteiger partial charge in [0.1, 0.15) is 6.10 Å². The first-order valence-corrected chi connectivity index (χ1v) is 6.74. The maximum atomic E-state index is 5.98. The first-order valence-electron chi connectivity index (χ1n) is 5.61. The molecule has 1 fully saturated rings. The van der Waals surface area contributed by atoms with E-state index in [2.05, 4.69) is 30.8 Å². The molecule has 0 bridgehead atoms. The van der Waals surface area contributed by atoms with E-state index >= 15 is 0 Å². The fraction of sp³-hybridized carbons (Fsp3) is 0.500. The van der Waals surface area contributed by atoms with Crippen molar-refractivity contribution >= 4 is 8.53 Å². The lowest BCUT2D eigenvalue weighted by Gasteiger charge is -2.18. The van der Waals surface area contributed by atoms with Crippen molar-refractivity contribution in [2.24, 2.45) is 0 Å². The molecule has 0 amide bonds. The molecule has 16 heavy (non-hydrogen) atoms. The maximum Gasteiger partial charge on any atom is 0.259 e. The Bertz CT molecular complexity index is 333. The van der Waals surface area contributed by atoms with Crippen molar-refractivity contribution in [2.45, 2.75) is 26.0 Å². The Kier molecular flexibility index (Phi) is 3.93. The number of hydrogen-bond donors (Lipinski definition) is 0. The molecule has 3 unspecified atom stereocenters. The molecule has 1 aliphatic heterocycles. The highest BCUT2D eigenvalue weighted by molar-refractivity contribution is 7.44. The first-order chi connectivity index (χ1) is 7.74. The van der Waals surface area contributed by atoms with Crippen molar-refractivity contribution < 1.29 is 9.05 Å².